The highest BCUT2D eigenvalue weighted by Crippen LogP contribution is 2.29. The molecule has 0 aliphatic carbocycles. The molecule has 0 radical (unpaired) electrons. The molecule has 28 heavy (non-hydrogen) atoms. The predicted molar refractivity (Wildman–Crippen MR) is 111 cm³/mol. The number of ether oxygens (including phenoxy) is 1. The van der Waals surface area contributed by atoms with Crippen LogP contribution in [0.25, 0.3) is 0 Å². The zero-order valence-electron chi connectivity index (χ0n) is 15.8. The number of amides is 1. The lowest BCUT2D eigenvalue weighted by Crippen LogP contribution is -2.26. The van der Waals surface area contributed by atoms with E-state index in [0.29, 0.717) is 11.3 Å². The molecule has 3 aromatic rings. The summed E-state index contributed by atoms with van der Waals surface area (Å²) >= 11 is 1.69. The maximum absolute atomic E-state index is 13.1. The Balaban J connectivity index is 1.72. The molecule has 3 nitrogen and oxygen atoms in total. The number of nitrogens with one attached hydrogen (secondary N) is 1. The van der Waals surface area contributed by atoms with E-state index in [1.807, 2.05) is 37.3 Å². The van der Waals surface area contributed by atoms with Gasteiger partial charge in [-0.15, -0.1) is 11.8 Å². The first-order chi connectivity index (χ1) is 13.6. The SMILES string of the molecule is COc1ccc(C(=O)N[C@@H](C)c2ccc(F)cc2)cc1CSc1ccccc1. The van der Waals surface area contributed by atoms with Crippen molar-refractivity contribution < 1.29 is 13.9 Å². The molecule has 3 aromatic carbocycles. The average Bonchev–Trinajstić information content (AvgIpc) is 2.73. The normalized spacial score (nSPS) is 11.7. The molecule has 5 heteroatoms. The summed E-state index contributed by atoms with van der Waals surface area (Å²) in [4.78, 5) is 13.8. The average molecular weight is 395 g/mol. The minimum atomic E-state index is -0.294. The van der Waals surface area contributed by atoms with Crippen molar-refractivity contribution in [1.82, 2.24) is 5.32 Å². The number of methoxy groups -OCH3 is 1. The second-order valence-corrected chi connectivity index (χ2v) is 7.42. The van der Waals surface area contributed by atoms with Crippen molar-refractivity contribution >= 4 is 17.7 Å². The summed E-state index contributed by atoms with van der Waals surface area (Å²) in [6.45, 7) is 1.88. The first kappa shape index (κ1) is 20.0. The zero-order valence-corrected chi connectivity index (χ0v) is 16.6. The Kier molecular flexibility index (Phi) is 6.71. The molecule has 0 bridgehead atoms. The topological polar surface area (TPSA) is 38.3 Å². The molecule has 3 rings (SSSR count). The smallest absolute Gasteiger partial charge is 0.251 e. The van der Waals surface area contributed by atoms with Gasteiger partial charge >= 0.3 is 0 Å². The molecule has 0 aliphatic heterocycles. The fraction of sp³-hybridized carbons (Fsp3) is 0.174. The minimum Gasteiger partial charge on any atom is -0.496 e. The lowest BCUT2D eigenvalue weighted by atomic mass is 10.1. The summed E-state index contributed by atoms with van der Waals surface area (Å²) in [5, 5.41) is 2.96. The van der Waals surface area contributed by atoms with Gasteiger partial charge in [0.2, 0.25) is 0 Å². The van der Waals surface area contributed by atoms with Gasteiger partial charge in [0.15, 0.2) is 0 Å². The summed E-state index contributed by atoms with van der Waals surface area (Å²) < 4.78 is 18.5. The van der Waals surface area contributed by atoms with E-state index in [4.69, 9.17) is 4.74 Å². The number of hydrogen-bond donors (Lipinski definition) is 1. The maximum Gasteiger partial charge on any atom is 0.251 e. The predicted octanol–water partition coefficient (Wildman–Crippen LogP) is 5.62. The van der Waals surface area contributed by atoms with Crippen LogP contribution >= 0.6 is 11.8 Å². The Morgan fingerprint density at radius 3 is 2.46 bits per heavy atom. The van der Waals surface area contributed by atoms with Crippen molar-refractivity contribution in [3.8, 4) is 5.75 Å². The molecule has 0 saturated heterocycles. The van der Waals surface area contributed by atoms with Crippen LogP contribution in [0.2, 0.25) is 0 Å². The number of carbonyl (C=O) groups is 1. The second kappa shape index (κ2) is 9.42. The van der Waals surface area contributed by atoms with Crippen molar-refractivity contribution in [2.75, 3.05) is 7.11 Å². The quantitative estimate of drug-likeness (QED) is 0.528. The Hall–Kier alpha value is -2.79. The number of rotatable bonds is 7. The molecule has 0 saturated carbocycles. The zero-order chi connectivity index (χ0) is 19.9. The standard InChI is InChI=1S/C23H22FNO2S/c1-16(17-8-11-20(24)12-9-17)25-23(26)18-10-13-22(27-2)19(14-18)15-28-21-6-4-3-5-7-21/h3-14,16H,15H2,1-2H3,(H,25,26)/t16-/m0/s1. The fourth-order valence-electron chi connectivity index (χ4n) is 2.83. The van der Waals surface area contributed by atoms with Crippen LogP contribution in [0.3, 0.4) is 0 Å². The van der Waals surface area contributed by atoms with Crippen LogP contribution in [0.5, 0.6) is 5.75 Å². The number of hydrogen-bond acceptors (Lipinski definition) is 3. The van der Waals surface area contributed by atoms with Gasteiger partial charge in [0, 0.05) is 21.8 Å². The van der Waals surface area contributed by atoms with Crippen molar-refractivity contribution in [1.29, 1.82) is 0 Å². The minimum absolute atomic E-state index is 0.176. The third-order valence-electron chi connectivity index (χ3n) is 4.40. The third-order valence-corrected chi connectivity index (χ3v) is 5.46. The Bertz CT molecular complexity index is 929. The van der Waals surface area contributed by atoms with E-state index in [2.05, 4.69) is 17.4 Å². The Morgan fingerprint density at radius 1 is 1.07 bits per heavy atom. The van der Waals surface area contributed by atoms with Gasteiger partial charge in [-0.1, -0.05) is 30.3 Å². The van der Waals surface area contributed by atoms with Gasteiger partial charge < -0.3 is 10.1 Å². The molecule has 1 amide bonds. The van der Waals surface area contributed by atoms with E-state index in [-0.39, 0.29) is 17.8 Å². The molecule has 0 spiro atoms. The Morgan fingerprint density at radius 2 is 1.79 bits per heavy atom. The number of benzene rings is 3. The number of halogens is 1. The molecule has 0 aliphatic rings. The van der Waals surface area contributed by atoms with Crippen molar-refractivity contribution in [2.45, 2.75) is 23.6 Å². The number of thioether (sulfide) groups is 1. The van der Waals surface area contributed by atoms with Gasteiger partial charge in [-0.2, -0.15) is 0 Å². The molecule has 0 fully saturated rings. The summed E-state index contributed by atoms with van der Waals surface area (Å²) in [5.41, 5.74) is 2.37. The van der Waals surface area contributed by atoms with Gasteiger partial charge in [0.05, 0.1) is 13.2 Å². The van der Waals surface area contributed by atoms with Gasteiger partial charge in [-0.3, -0.25) is 4.79 Å². The van der Waals surface area contributed by atoms with E-state index in [1.165, 1.54) is 12.1 Å². The largest absolute Gasteiger partial charge is 0.496 e. The molecule has 144 valence electrons. The Labute approximate surface area is 168 Å². The lowest BCUT2D eigenvalue weighted by Gasteiger charge is -2.16. The van der Waals surface area contributed by atoms with Crippen LogP contribution in [0.15, 0.2) is 77.7 Å². The van der Waals surface area contributed by atoms with Gasteiger partial charge in [-0.25, -0.2) is 4.39 Å². The van der Waals surface area contributed by atoms with E-state index in [0.717, 1.165) is 21.8 Å². The first-order valence-corrected chi connectivity index (χ1v) is 9.96. The maximum atomic E-state index is 13.1. The van der Waals surface area contributed by atoms with E-state index in [1.54, 1.807) is 37.1 Å². The van der Waals surface area contributed by atoms with E-state index < -0.39 is 0 Å². The van der Waals surface area contributed by atoms with Crippen molar-refractivity contribution in [2.24, 2.45) is 0 Å². The van der Waals surface area contributed by atoms with Gasteiger partial charge in [-0.05, 0) is 55.0 Å². The van der Waals surface area contributed by atoms with Gasteiger partial charge in [0.1, 0.15) is 11.6 Å². The summed E-state index contributed by atoms with van der Waals surface area (Å²) in [7, 11) is 1.63. The second-order valence-electron chi connectivity index (χ2n) is 6.38. The van der Waals surface area contributed by atoms with Crippen LogP contribution in [-0.2, 0) is 5.75 Å². The molecule has 0 heterocycles. The highest BCUT2D eigenvalue weighted by atomic mass is 32.2. The lowest BCUT2D eigenvalue weighted by molar-refractivity contribution is 0.0939. The number of carbonyl (C=O) groups excluding carboxylic acids is 1. The molecular weight excluding hydrogens is 373 g/mol. The third kappa shape index (κ3) is 5.14. The highest BCUT2D eigenvalue weighted by molar-refractivity contribution is 7.98. The van der Waals surface area contributed by atoms with Crippen LogP contribution in [0.1, 0.15) is 34.5 Å². The van der Waals surface area contributed by atoms with Gasteiger partial charge in [0.25, 0.3) is 5.91 Å². The summed E-state index contributed by atoms with van der Waals surface area (Å²) in [6.07, 6.45) is 0. The summed E-state index contributed by atoms with van der Waals surface area (Å²) in [5.74, 6) is 0.983. The molecule has 0 unspecified atom stereocenters. The monoisotopic (exact) mass is 395 g/mol. The molecule has 1 N–H and O–H groups in total. The summed E-state index contributed by atoms with van der Waals surface area (Å²) in [6, 6.07) is 21.4. The van der Waals surface area contributed by atoms with Crippen LogP contribution in [0.4, 0.5) is 4.39 Å². The van der Waals surface area contributed by atoms with Crippen LogP contribution in [-0.4, -0.2) is 13.0 Å². The van der Waals surface area contributed by atoms with Crippen molar-refractivity contribution in [3.63, 3.8) is 0 Å². The molecular formula is C23H22FNO2S. The van der Waals surface area contributed by atoms with Crippen molar-refractivity contribution in [3.05, 3.63) is 95.3 Å². The highest BCUT2D eigenvalue weighted by Gasteiger charge is 2.14. The molecule has 0 aromatic heterocycles. The van der Waals surface area contributed by atoms with Crippen LogP contribution in [0, 0.1) is 5.82 Å². The van der Waals surface area contributed by atoms with Crippen LogP contribution < -0.4 is 10.1 Å². The van der Waals surface area contributed by atoms with E-state index >= 15 is 0 Å². The fourth-order valence-corrected chi connectivity index (χ4v) is 3.72. The first-order valence-electron chi connectivity index (χ1n) is 8.98. The van der Waals surface area contributed by atoms with E-state index in [9.17, 15) is 9.18 Å². The molecule has 1 atom stereocenters.